The molecular formula is C25H22N2O. The molecule has 0 aliphatic carbocycles. The summed E-state index contributed by atoms with van der Waals surface area (Å²) in [5, 5.41) is 0. The van der Waals surface area contributed by atoms with Crippen LogP contribution in [-0.2, 0) is 6.42 Å². The van der Waals surface area contributed by atoms with Gasteiger partial charge in [0.05, 0.1) is 12.0 Å². The van der Waals surface area contributed by atoms with E-state index in [4.69, 9.17) is 0 Å². The average molecular weight is 366 g/mol. The van der Waals surface area contributed by atoms with E-state index in [1.807, 2.05) is 66.5 Å². The molecule has 0 aliphatic heterocycles. The van der Waals surface area contributed by atoms with Gasteiger partial charge >= 0.3 is 0 Å². The molecule has 0 unspecified atom stereocenters. The molecule has 4 aromatic rings. The second kappa shape index (κ2) is 8.05. The Labute approximate surface area is 165 Å². The van der Waals surface area contributed by atoms with E-state index in [9.17, 15) is 4.79 Å². The zero-order chi connectivity index (χ0) is 19.3. The highest BCUT2D eigenvalue weighted by Crippen LogP contribution is 2.20. The molecule has 4 rings (SSSR count). The summed E-state index contributed by atoms with van der Waals surface area (Å²) < 4.78 is 2.00. The number of carbonyl (C=O) groups is 1. The zero-order valence-electron chi connectivity index (χ0n) is 15.9. The lowest BCUT2D eigenvalue weighted by atomic mass is 9.99. The number of carbonyl (C=O) groups excluding carboxylic acids is 1. The van der Waals surface area contributed by atoms with Gasteiger partial charge in [-0.1, -0.05) is 66.7 Å². The Bertz CT molecular complexity index is 1060. The van der Waals surface area contributed by atoms with Crippen LogP contribution in [0.5, 0.6) is 0 Å². The monoisotopic (exact) mass is 366 g/mol. The van der Waals surface area contributed by atoms with Gasteiger partial charge in [0.2, 0.25) is 0 Å². The van der Waals surface area contributed by atoms with Gasteiger partial charge in [-0.15, -0.1) is 0 Å². The summed E-state index contributed by atoms with van der Waals surface area (Å²) in [6.45, 7) is 1.98. The van der Waals surface area contributed by atoms with E-state index in [1.165, 1.54) is 0 Å². The van der Waals surface area contributed by atoms with Gasteiger partial charge in [0.25, 0.3) is 0 Å². The molecule has 0 N–H and O–H groups in total. The lowest BCUT2D eigenvalue weighted by Crippen LogP contribution is -2.01. The molecule has 138 valence electrons. The predicted octanol–water partition coefficient (Wildman–Crippen LogP) is 5.66. The van der Waals surface area contributed by atoms with Crippen LogP contribution in [0.15, 0.2) is 91.4 Å². The summed E-state index contributed by atoms with van der Waals surface area (Å²) in [6, 6.07) is 26.4. The number of ketones is 1. The molecule has 3 nitrogen and oxygen atoms in total. The Kier molecular flexibility index (Phi) is 5.16. The van der Waals surface area contributed by atoms with Gasteiger partial charge in [0, 0.05) is 23.9 Å². The fourth-order valence-corrected chi connectivity index (χ4v) is 3.28. The molecule has 1 heterocycles. The summed E-state index contributed by atoms with van der Waals surface area (Å²) in [7, 11) is 0. The minimum atomic E-state index is 0.175. The summed E-state index contributed by atoms with van der Waals surface area (Å²) in [5.41, 5.74) is 6.29. The van der Waals surface area contributed by atoms with E-state index in [0.29, 0.717) is 6.42 Å². The van der Waals surface area contributed by atoms with Gasteiger partial charge in [-0.3, -0.25) is 4.79 Å². The van der Waals surface area contributed by atoms with Gasteiger partial charge in [0.15, 0.2) is 5.78 Å². The Balaban J connectivity index is 1.37. The average Bonchev–Trinajstić information content (AvgIpc) is 3.19. The third kappa shape index (κ3) is 4.09. The van der Waals surface area contributed by atoms with E-state index in [-0.39, 0.29) is 5.78 Å². The molecule has 0 fully saturated rings. The van der Waals surface area contributed by atoms with Crippen LogP contribution in [0.3, 0.4) is 0 Å². The molecule has 0 spiro atoms. The van der Waals surface area contributed by atoms with E-state index in [2.05, 4.69) is 41.4 Å². The topological polar surface area (TPSA) is 34.9 Å². The normalized spacial score (nSPS) is 10.8. The molecule has 3 aromatic carbocycles. The van der Waals surface area contributed by atoms with Gasteiger partial charge in [0.1, 0.15) is 0 Å². The van der Waals surface area contributed by atoms with Crippen LogP contribution in [0, 0.1) is 6.92 Å². The molecule has 0 aliphatic rings. The largest absolute Gasteiger partial charge is 0.306 e. The van der Waals surface area contributed by atoms with Crippen LogP contribution in [0.25, 0.3) is 16.8 Å². The molecule has 28 heavy (non-hydrogen) atoms. The quantitative estimate of drug-likeness (QED) is 0.413. The van der Waals surface area contributed by atoms with Crippen molar-refractivity contribution in [2.24, 2.45) is 0 Å². The number of aryl methyl sites for hydroxylation is 2. The SMILES string of the molecule is Cc1cn(-c2ccc(CCC(=O)c3ccc(-c4ccccc4)cc3)cc2)cn1. The third-order valence-corrected chi connectivity index (χ3v) is 4.90. The highest BCUT2D eigenvalue weighted by atomic mass is 16.1. The fourth-order valence-electron chi connectivity index (χ4n) is 3.28. The first-order valence-corrected chi connectivity index (χ1v) is 9.48. The lowest BCUT2D eigenvalue weighted by Gasteiger charge is -2.06. The van der Waals surface area contributed by atoms with Crippen molar-refractivity contribution in [1.82, 2.24) is 9.55 Å². The van der Waals surface area contributed by atoms with E-state index in [0.717, 1.165) is 40.1 Å². The maximum Gasteiger partial charge on any atom is 0.163 e. The minimum absolute atomic E-state index is 0.175. The number of aromatic nitrogens is 2. The molecule has 3 heteroatoms. The number of imidazole rings is 1. The maximum absolute atomic E-state index is 12.5. The number of nitrogens with zero attached hydrogens (tertiary/aromatic N) is 2. The van der Waals surface area contributed by atoms with Crippen molar-refractivity contribution < 1.29 is 4.79 Å². The summed E-state index contributed by atoms with van der Waals surface area (Å²) in [4.78, 5) is 16.8. The summed E-state index contributed by atoms with van der Waals surface area (Å²) >= 11 is 0. The third-order valence-electron chi connectivity index (χ3n) is 4.90. The number of Topliss-reactive ketones (excluding diaryl/α,β-unsaturated/α-hetero) is 1. The molecule has 0 saturated carbocycles. The number of hydrogen-bond donors (Lipinski definition) is 0. The molecule has 0 bridgehead atoms. The van der Waals surface area contributed by atoms with E-state index < -0.39 is 0 Å². The Morgan fingerprint density at radius 3 is 2.18 bits per heavy atom. The number of hydrogen-bond acceptors (Lipinski definition) is 2. The van der Waals surface area contributed by atoms with Gasteiger partial charge in [-0.25, -0.2) is 4.98 Å². The van der Waals surface area contributed by atoms with Crippen LogP contribution in [-0.4, -0.2) is 15.3 Å². The minimum Gasteiger partial charge on any atom is -0.306 e. The van der Waals surface area contributed by atoms with E-state index >= 15 is 0 Å². The predicted molar refractivity (Wildman–Crippen MR) is 113 cm³/mol. The van der Waals surface area contributed by atoms with Crippen LogP contribution in [0.4, 0.5) is 0 Å². The van der Waals surface area contributed by atoms with Crippen molar-refractivity contribution in [1.29, 1.82) is 0 Å². The van der Waals surface area contributed by atoms with Crippen molar-refractivity contribution in [2.75, 3.05) is 0 Å². The number of benzene rings is 3. The molecule has 0 saturated heterocycles. The fraction of sp³-hybridized carbons (Fsp3) is 0.120. The highest BCUT2D eigenvalue weighted by Gasteiger charge is 2.07. The molecule has 0 amide bonds. The molecule has 0 atom stereocenters. The van der Waals surface area contributed by atoms with E-state index in [1.54, 1.807) is 0 Å². The second-order valence-electron chi connectivity index (χ2n) is 6.96. The zero-order valence-corrected chi connectivity index (χ0v) is 15.9. The van der Waals surface area contributed by atoms with Crippen molar-refractivity contribution in [2.45, 2.75) is 19.8 Å². The van der Waals surface area contributed by atoms with Crippen LogP contribution in [0.1, 0.15) is 28.0 Å². The smallest absolute Gasteiger partial charge is 0.163 e. The van der Waals surface area contributed by atoms with Crippen LogP contribution in [0.2, 0.25) is 0 Å². The Morgan fingerprint density at radius 2 is 1.54 bits per heavy atom. The Hall–Kier alpha value is -3.46. The maximum atomic E-state index is 12.5. The first kappa shape index (κ1) is 17.9. The van der Waals surface area contributed by atoms with Crippen molar-refractivity contribution in [3.63, 3.8) is 0 Å². The Morgan fingerprint density at radius 1 is 0.857 bits per heavy atom. The first-order valence-electron chi connectivity index (χ1n) is 9.48. The van der Waals surface area contributed by atoms with Crippen LogP contribution >= 0.6 is 0 Å². The van der Waals surface area contributed by atoms with Gasteiger partial charge < -0.3 is 4.57 Å². The first-order chi connectivity index (χ1) is 13.7. The van der Waals surface area contributed by atoms with Gasteiger partial charge in [-0.2, -0.15) is 0 Å². The van der Waals surface area contributed by atoms with Crippen LogP contribution < -0.4 is 0 Å². The molecular weight excluding hydrogens is 344 g/mol. The molecule has 0 radical (unpaired) electrons. The van der Waals surface area contributed by atoms with Crippen molar-refractivity contribution in [3.8, 4) is 16.8 Å². The standard InChI is InChI=1S/C25H22N2O/c1-19-17-27(18-26-19)24-14-7-20(8-15-24)9-16-25(28)23-12-10-22(11-13-23)21-5-3-2-4-6-21/h2-8,10-15,17-18H,9,16H2,1H3. The number of rotatable bonds is 6. The molecule has 1 aromatic heterocycles. The van der Waals surface area contributed by atoms with Gasteiger partial charge in [-0.05, 0) is 42.2 Å². The highest BCUT2D eigenvalue weighted by molar-refractivity contribution is 5.96. The summed E-state index contributed by atoms with van der Waals surface area (Å²) in [6.07, 6.45) is 5.06. The second-order valence-corrected chi connectivity index (χ2v) is 6.96. The van der Waals surface area contributed by atoms with Crippen molar-refractivity contribution in [3.05, 3.63) is 108 Å². The van der Waals surface area contributed by atoms with Crippen molar-refractivity contribution >= 4 is 5.78 Å². The summed E-state index contributed by atoms with van der Waals surface area (Å²) in [5.74, 6) is 0.175. The lowest BCUT2D eigenvalue weighted by molar-refractivity contribution is 0.0983.